The number of aliphatic hydroxyl groups is 4. The molecule has 1 fully saturated rings. The summed E-state index contributed by atoms with van der Waals surface area (Å²) in [4.78, 5) is 10.5. The van der Waals surface area contributed by atoms with Gasteiger partial charge in [-0.3, -0.25) is 0 Å². The number of carboxylic acid groups (broad SMARTS) is 1. The number of aliphatic carboxylic acids is 1. The molecule has 0 spiro atoms. The lowest BCUT2D eigenvalue weighted by Crippen LogP contribution is -2.58. The Bertz CT molecular complexity index is 217. The van der Waals surface area contributed by atoms with Crippen molar-refractivity contribution in [3.63, 3.8) is 0 Å². The van der Waals surface area contributed by atoms with Crippen molar-refractivity contribution in [2.24, 2.45) is 0 Å². The lowest BCUT2D eigenvalue weighted by Gasteiger charge is -2.38. The molecule has 0 aromatic heterocycles. The Hall–Kier alpha value is -0.690. The van der Waals surface area contributed by atoms with Crippen molar-refractivity contribution >= 4 is 5.97 Å². The van der Waals surface area contributed by atoms with Crippen LogP contribution in [0.5, 0.6) is 0 Å². The van der Waals surface area contributed by atoms with Crippen molar-refractivity contribution in [2.75, 3.05) is 0 Å². The highest BCUT2D eigenvalue weighted by Crippen LogP contribution is 2.29. The first-order valence-electron chi connectivity index (χ1n) is 3.88. The number of aliphatic hydroxyl groups excluding tert-OH is 3. The van der Waals surface area contributed by atoms with Gasteiger partial charge in [-0.25, -0.2) is 4.79 Å². The summed E-state index contributed by atoms with van der Waals surface area (Å²) in [5, 5.41) is 45.3. The van der Waals surface area contributed by atoms with Crippen LogP contribution in [0, 0.1) is 0 Å². The number of hydrogen-bond acceptors (Lipinski definition) is 5. The average molecular weight is 192 g/mol. The Morgan fingerprint density at radius 1 is 1.23 bits per heavy atom. The van der Waals surface area contributed by atoms with Gasteiger partial charge in [0.1, 0.15) is 0 Å². The molecule has 1 rings (SSSR count). The predicted octanol–water partition coefficient (Wildman–Crippen LogP) is -2.32. The lowest BCUT2D eigenvalue weighted by molar-refractivity contribution is -0.196. The summed E-state index contributed by atoms with van der Waals surface area (Å²) in [5.41, 5.74) is -2.35. The average Bonchev–Trinajstić information content (AvgIpc) is 2.01. The molecule has 5 N–H and O–H groups in total. The Morgan fingerprint density at radius 3 is 2.23 bits per heavy atom. The van der Waals surface area contributed by atoms with Crippen molar-refractivity contribution in [1.82, 2.24) is 0 Å². The normalized spacial score (nSPS) is 46.0. The minimum Gasteiger partial charge on any atom is -0.479 e. The first-order chi connectivity index (χ1) is 5.88. The number of carbonyl (C=O) groups is 1. The third-order valence-corrected chi connectivity index (χ3v) is 2.35. The molecule has 0 radical (unpaired) electrons. The standard InChI is InChI=1S/C7H12O6/c8-3-1-5(10)7(13,6(11)12)2-4(3)9/h3-5,8-10,13H,1-2H2,(H,11,12). The quantitative estimate of drug-likeness (QED) is 0.318. The van der Waals surface area contributed by atoms with Crippen LogP contribution in [-0.4, -0.2) is 55.4 Å². The monoisotopic (exact) mass is 192 g/mol. The van der Waals surface area contributed by atoms with E-state index in [-0.39, 0.29) is 6.42 Å². The molecular weight excluding hydrogens is 180 g/mol. The molecule has 6 nitrogen and oxygen atoms in total. The Balaban J connectivity index is 2.82. The molecule has 6 heteroatoms. The van der Waals surface area contributed by atoms with E-state index in [2.05, 4.69) is 0 Å². The smallest absolute Gasteiger partial charge is 0.338 e. The molecule has 1 aliphatic carbocycles. The molecule has 1 saturated carbocycles. The van der Waals surface area contributed by atoms with Crippen LogP contribution in [0.1, 0.15) is 12.8 Å². The highest BCUT2D eigenvalue weighted by Gasteiger charge is 2.50. The molecule has 0 bridgehead atoms. The summed E-state index contributed by atoms with van der Waals surface area (Å²) in [6, 6.07) is 0. The Morgan fingerprint density at radius 2 is 1.77 bits per heavy atom. The van der Waals surface area contributed by atoms with Crippen molar-refractivity contribution < 1.29 is 30.3 Å². The molecule has 0 saturated heterocycles. The zero-order chi connectivity index (χ0) is 10.2. The SMILES string of the molecule is O=C(O)C1(O)CC(O)C(O)CC1O. The van der Waals surface area contributed by atoms with Crippen molar-refractivity contribution in [3.8, 4) is 0 Å². The molecule has 13 heavy (non-hydrogen) atoms. The van der Waals surface area contributed by atoms with E-state index >= 15 is 0 Å². The van der Waals surface area contributed by atoms with Gasteiger partial charge < -0.3 is 25.5 Å². The van der Waals surface area contributed by atoms with Crippen LogP contribution < -0.4 is 0 Å². The first-order valence-corrected chi connectivity index (χ1v) is 3.88. The molecule has 4 unspecified atom stereocenters. The van der Waals surface area contributed by atoms with E-state index in [1.807, 2.05) is 0 Å². The van der Waals surface area contributed by atoms with Gasteiger partial charge in [0.15, 0.2) is 5.60 Å². The second kappa shape index (κ2) is 3.22. The minimum absolute atomic E-state index is 0.343. The predicted molar refractivity (Wildman–Crippen MR) is 39.8 cm³/mol. The van der Waals surface area contributed by atoms with E-state index in [1.165, 1.54) is 0 Å². The molecule has 0 heterocycles. The van der Waals surface area contributed by atoms with Crippen LogP contribution in [0.25, 0.3) is 0 Å². The summed E-state index contributed by atoms with van der Waals surface area (Å²) in [6.45, 7) is 0. The number of carboxylic acids is 1. The van der Waals surface area contributed by atoms with Gasteiger partial charge in [-0.15, -0.1) is 0 Å². The van der Waals surface area contributed by atoms with E-state index in [4.69, 9.17) is 15.3 Å². The fourth-order valence-corrected chi connectivity index (χ4v) is 1.40. The highest BCUT2D eigenvalue weighted by molar-refractivity contribution is 5.78. The van der Waals surface area contributed by atoms with Gasteiger partial charge in [-0.2, -0.15) is 0 Å². The summed E-state index contributed by atoms with van der Waals surface area (Å²) in [6.07, 6.45) is -4.96. The van der Waals surface area contributed by atoms with E-state index in [1.54, 1.807) is 0 Å². The maximum absolute atomic E-state index is 10.5. The maximum atomic E-state index is 10.5. The van der Waals surface area contributed by atoms with Gasteiger partial charge in [0.25, 0.3) is 0 Å². The van der Waals surface area contributed by atoms with Gasteiger partial charge in [0.2, 0.25) is 0 Å². The zero-order valence-electron chi connectivity index (χ0n) is 6.79. The van der Waals surface area contributed by atoms with Gasteiger partial charge in [0, 0.05) is 12.8 Å². The third-order valence-electron chi connectivity index (χ3n) is 2.35. The maximum Gasteiger partial charge on any atom is 0.338 e. The molecular formula is C7H12O6. The van der Waals surface area contributed by atoms with Crippen LogP contribution in [0.15, 0.2) is 0 Å². The summed E-state index contributed by atoms with van der Waals surface area (Å²) in [7, 11) is 0. The molecule has 0 aromatic rings. The minimum atomic E-state index is -2.35. The van der Waals surface area contributed by atoms with Gasteiger partial charge in [0.05, 0.1) is 18.3 Å². The molecule has 0 aliphatic heterocycles. The van der Waals surface area contributed by atoms with Crippen LogP contribution in [0.4, 0.5) is 0 Å². The van der Waals surface area contributed by atoms with E-state index < -0.39 is 36.3 Å². The second-order valence-corrected chi connectivity index (χ2v) is 3.32. The molecule has 76 valence electrons. The second-order valence-electron chi connectivity index (χ2n) is 3.32. The van der Waals surface area contributed by atoms with E-state index in [9.17, 15) is 15.0 Å². The fraction of sp³-hybridized carbons (Fsp3) is 0.857. The zero-order valence-corrected chi connectivity index (χ0v) is 6.79. The molecule has 0 amide bonds. The van der Waals surface area contributed by atoms with Gasteiger partial charge >= 0.3 is 5.97 Å². The molecule has 4 atom stereocenters. The van der Waals surface area contributed by atoms with Crippen molar-refractivity contribution in [1.29, 1.82) is 0 Å². The number of rotatable bonds is 1. The van der Waals surface area contributed by atoms with Crippen LogP contribution in [0.2, 0.25) is 0 Å². The highest BCUT2D eigenvalue weighted by atomic mass is 16.4. The molecule has 1 aliphatic rings. The van der Waals surface area contributed by atoms with Gasteiger partial charge in [-0.1, -0.05) is 0 Å². The van der Waals surface area contributed by atoms with E-state index in [0.29, 0.717) is 0 Å². The van der Waals surface area contributed by atoms with E-state index in [0.717, 1.165) is 0 Å². The van der Waals surface area contributed by atoms with Crippen LogP contribution >= 0.6 is 0 Å². The Labute approximate surface area is 74.1 Å². The largest absolute Gasteiger partial charge is 0.479 e. The third kappa shape index (κ3) is 1.66. The van der Waals surface area contributed by atoms with Crippen molar-refractivity contribution in [3.05, 3.63) is 0 Å². The molecule has 0 aromatic carbocycles. The first kappa shape index (κ1) is 10.4. The Kier molecular flexibility index (Phi) is 2.58. The van der Waals surface area contributed by atoms with Gasteiger partial charge in [-0.05, 0) is 0 Å². The lowest BCUT2D eigenvalue weighted by atomic mass is 9.79. The summed E-state index contributed by atoms with van der Waals surface area (Å²) >= 11 is 0. The summed E-state index contributed by atoms with van der Waals surface area (Å²) < 4.78 is 0. The fourth-order valence-electron chi connectivity index (χ4n) is 1.40. The topological polar surface area (TPSA) is 118 Å². The van der Waals surface area contributed by atoms with Crippen molar-refractivity contribution in [2.45, 2.75) is 36.8 Å². The number of hydrogen-bond donors (Lipinski definition) is 5. The van der Waals surface area contributed by atoms with Crippen LogP contribution in [-0.2, 0) is 4.79 Å². The summed E-state index contributed by atoms with van der Waals surface area (Å²) in [5.74, 6) is -1.59. The van der Waals surface area contributed by atoms with Crippen LogP contribution in [0.3, 0.4) is 0 Å².